The van der Waals surface area contributed by atoms with Crippen molar-refractivity contribution >= 4 is 27.2 Å². The van der Waals surface area contributed by atoms with E-state index in [9.17, 15) is 13.5 Å². The number of rotatable bonds is 1. The van der Waals surface area contributed by atoms with Crippen molar-refractivity contribution in [1.82, 2.24) is 0 Å². The van der Waals surface area contributed by atoms with E-state index in [-0.39, 0.29) is 10.6 Å². The maximum atomic E-state index is 10.8. The number of aromatic hydroxyl groups is 1. The molecule has 4 nitrogen and oxygen atoms in total. The van der Waals surface area contributed by atoms with Crippen LogP contribution in [0.3, 0.4) is 0 Å². The first-order valence-corrected chi connectivity index (χ1v) is 5.42. The number of nitrogen functional groups attached to an aromatic ring is 1. The highest BCUT2D eigenvalue weighted by Gasteiger charge is 2.04. The van der Waals surface area contributed by atoms with Gasteiger partial charge in [0.15, 0.2) is 10.7 Å². The molecule has 2 aromatic carbocycles. The van der Waals surface area contributed by atoms with Gasteiger partial charge in [-0.1, -0.05) is 6.07 Å². The maximum absolute atomic E-state index is 10.8. The van der Waals surface area contributed by atoms with E-state index in [1.165, 1.54) is 12.1 Å². The summed E-state index contributed by atoms with van der Waals surface area (Å²) >= 11 is 0. The third kappa shape index (κ3) is 1.73. The molecule has 0 bridgehead atoms. The molecule has 0 amide bonds. The Morgan fingerprint density at radius 3 is 2.53 bits per heavy atom. The third-order valence-corrected chi connectivity index (χ3v) is 2.83. The molecule has 0 unspecified atom stereocenters. The van der Waals surface area contributed by atoms with Gasteiger partial charge in [-0.05, 0) is 29.7 Å². The minimum Gasteiger partial charge on any atom is -0.507 e. The molecule has 0 spiro atoms. The Morgan fingerprint density at radius 1 is 1.13 bits per heavy atom. The number of phenolic OH excluding ortho intramolecular Hbond substituents is 1. The summed E-state index contributed by atoms with van der Waals surface area (Å²) in [5, 5.41) is 10.8. The number of anilines is 1. The molecule has 0 aliphatic rings. The minimum absolute atomic E-state index is 0.0750. The number of fused-ring (bicyclic) bond motifs is 1. The van der Waals surface area contributed by atoms with E-state index in [4.69, 9.17) is 5.73 Å². The topological polar surface area (TPSA) is 80.4 Å². The molecule has 2 rings (SSSR count). The summed E-state index contributed by atoms with van der Waals surface area (Å²) in [6.07, 6.45) is 0. The average molecular weight is 223 g/mol. The third-order valence-electron chi connectivity index (χ3n) is 2.15. The number of hydrogen-bond acceptors (Lipinski definition) is 4. The van der Waals surface area contributed by atoms with Gasteiger partial charge in [0.25, 0.3) is 0 Å². The Hall–Kier alpha value is -1.75. The highest BCUT2D eigenvalue weighted by molar-refractivity contribution is 7.72. The molecule has 5 heteroatoms. The van der Waals surface area contributed by atoms with Gasteiger partial charge >= 0.3 is 0 Å². The normalized spacial score (nSPS) is 11.0. The van der Waals surface area contributed by atoms with Gasteiger partial charge in [-0.2, -0.15) is 0 Å². The first-order chi connectivity index (χ1) is 7.08. The molecule has 0 saturated heterocycles. The van der Waals surface area contributed by atoms with Crippen molar-refractivity contribution in [2.45, 2.75) is 4.90 Å². The van der Waals surface area contributed by atoms with Crippen LogP contribution in [0.5, 0.6) is 5.75 Å². The lowest BCUT2D eigenvalue weighted by atomic mass is 10.1. The van der Waals surface area contributed by atoms with Crippen molar-refractivity contribution in [3.05, 3.63) is 30.3 Å². The molecular weight excluding hydrogens is 214 g/mol. The van der Waals surface area contributed by atoms with E-state index < -0.39 is 10.7 Å². The van der Waals surface area contributed by atoms with Crippen LogP contribution in [-0.4, -0.2) is 13.5 Å². The van der Waals surface area contributed by atoms with Gasteiger partial charge in [0.1, 0.15) is 5.75 Å². The van der Waals surface area contributed by atoms with E-state index in [1.807, 2.05) is 0 Å². The zero-order valence-corrected chi connectivity index (χ0v) is 8.57. The van der Waals surface area contributed by atoms with Gasteiger partial charge in [0.05, 0.1) is 4.90 Å². The van der Waals surface area contributed by atoms with Gasteiger partial charge in [-0.25, -0.2) is 8.42 Å². The first-order valence-electron chi connectivity index (χ1n) is 4.24. The molecule has 0 saturated carbocycles. The highest BCUT2D eigenvalue weighted by Crippen LogP contribution is 2.28. The van der Waals surface area contributed by atoms with E-state index in [0.717, 1.165) is 0 Å². The molecule has 0 aliphatic heterocycles. The van der Waals surface area contributed by atoms with Crippen molar-refractivity contribution < 1.29 is 13.5 Å². The van der Waals surface area contributed by atoms with Crippen LogP contribution in [0.4, 0.5) is 5.69 Å². The monoisotopic (exact) mass is 223 g/mol. The predicted molar refractivity (Wildman–Crippen MR) is 58.6 cm³/mol. The molecule has 2 aromatic rings. The lowest BCUT2D eigenvalue weighted by molar-refractivity contribution is 0.480. The maximum Gasteiger partial charge on any atom is 0.168 e. The highest BCUT2D eigenvalue weighted by atomic mass is 32.2. The molecule has 15 heavy (non-hydrogen) atoms. The lowest BCUT2D eigenvalue weighted by Crippen LogP contribution is -1.86. The standard InChI is InChI=1S/C10H9NO3S/c11-7-2-1-6-3-8(15(13)14)5-10(12)9(6)4-7/h1-5,12,15H,11H2. The van der Waals surface area contributed by atoms with Gasteiger partial charge in [-0.15, -0.1) is 0 Å². The van der Waals surface area contributed by atoms with Crippen molar-refractivity contribution in [3.63, 3.8) is 0 Å². The fraction of sp³-hybridized carbons (Fsp3) is 0. The van der Waals surface area contributed by atoms with Crippen LogP contribution in [0.2, 0.25) is 0 Å². The summed E-state index contributed by atoms with van der Waals surface area (Å²) in [6.45, 7) is 0. The van der Waals surface area contributed by atoms with Crippen molar-refractivity contribution in [2.75, 3.05) is 5.73 Å². The predicted octanol–water partition coefficient (Wildman–Crippen LogP) is 1.10. The van der Waals surface area contributed by atoms with E-state index in [2.05, 4.69) is 0 Å². The Bertz CT molecular complexity index is 597. The molecular formula is C10H9NO3S. The second kappa shape index (κ2) is 3.43. The molecule has 78 valence electrons. The lowest BCUT2D eigenvalue weighted by Gasteiger charge is -2.03. The molecule has 0 radical (unpaired) electrons. The quantitative estimate of drug-likeness (QED) is 0.499. The molecule has 0 heterocycles. The zero-order valence-electron chi connectivity index (χ0n) is 7.68. The van der Waals surface area contributed by atoms with Crippen LogP contribution >= 0.6 is 0 Å². The fourth-order valence-electron chi connectivity index (χ4n) is 1.45. The Kier molecular flexibility index (Phi) is 2.24. The second-order valence-corrected chi connectivity index (χ2v) is 4.23. The van der Waals surface area contributed by atoms with Crippen LogP contribution in [0, 0.1) is 0 Å². The van der Waals surface area contributed by atoms with Crippen LogP contribution in [0.25, 0.3) is 10.8 Å². The van der Waals surface area contributed by atoms with Crippen molar-refractivity contribution in [3.8, 4) is 5.75 Å². The van der Waals surface area contributed by atoms with Gasteiger partial charge in [-0.3, -0.25) is 0 Å². The Labute approximate surface area is 87.9 Å². The second-order valence-electron chi connectivity index (χ2n) is 3.20. The summed E-state index contributed by atoms with van der Waals surface area (Å²) in [5.74, 6) is -0.0750. The summed E-state index contributed by atoms with van der Waals surface area (Å²) < 4.78 is 21.5. The fourth-order valence-corrected chi connectivity index (χ4v) is 1.92. The van der Waals surface area contributed by atoms with Crippen LogP contribution in [-0.2, 0) is 10.7 Å². The smallest absolute Gasteiger partial charge is 0.168 e. The number of thiol groups is 1. The molecule has 0 aromatic heterocycles. The van der Waals surface area contributed by atoms with Crippen LogP contribution in [0.1, 0.15) is 0 Å². The number of nitrogens with two attached hydrogens (primary N) is 1. The van der Waals surface area contributed by atoms with Gasteiger partial charge in [0, 0.05) is 11.1 Å². The average Bonchev–Trinajstić information content (AvgIpc) is 2.18. The summed E-state index contributed by atoms with van der Waals surface area (Å²) in [4.78, 5) is 0.0970. The molecule has 0 fully saturated rings. The number of benzene rings is 2. The van der Waals surface area contributed by atoms with E-state index in [1.54, 1.807) is 18.2 Å². The zero-order chi connectivity index (χ0) is 11.0. The Balaban J connectivity index is 2.84. The minimum atomic E-state index is -2.68. The molecule has 0 atom stereocenters. The van der Waals surface area contributed by atoms with Crippen molar-refractivity contribution in [1.29, 1.82) is 0 Å². The summed E-state index contributed by atoms with van der Waals surface area (Å²) in [7, 11) is -2.68. The largest absolute Gasteiger partial charge is 0.507 e. The van der Waals surface area contributed by atoms with Gasteiger partial charge < -0.3 is 10.8 Å². The Morgan fingerprint density at radius 2 is 1.87 bits per heavy atom. The molecule has 0 aliphatic carbocycles. The van der Waals surface area contributed by atoms with Crippen LogP contribution < -0.4 is 5.73 Å². The SMILES string of the molecule is Nc1ccc2cc([SH](=O)=O)cc(O)c2c1. The molecule has 3 N–H and O–H groups in total. The van der Waals surface area contributed by atoms with E-state index >= 15 is 0 Å². The van der Waals surface area contributed by atoms with Crippen LogP contribution in [0.15, 0.2) is 35.2 Å². The number of hydrogen-bond donors (Lipinski definition) is 3. The summed E-state index contributed by atoms with van der Waals surface area (Å²) in [5.41, 5.74) is 6.09. The summed E-state index contributed by atoms with van der Waals surface area (Å²) in [6, 6.07) is 7.65. The van der Waals surface area contributed by atoms with Gasteiger partial charge in [0.2, 0.25) is 0 Å². The van der Waals surface area contributed by atoms with Crippen molar-refractivity contribution in [2.24, 2.45) is 0 Å². The first kappa shape index (κ1) is 9.79. The van der Waals surface area contributed by atoms with E-state index in [0.29, 0.717) is 16.5 Å². The number of phenols is 1.